The molecule has 12 heavy (non-hydrogen) atoms. The molecule has 1 heterocycles. The van der Waals surface area contributed by atoms with Crippen LogP contribution in [-0.2, 0) is 43.2 Å². The van der Waals surface area contributed by atoms with Gasteiger partial charge in [-0.15, -0.1) is 0 Å². The molecule has 0 amide bonds. The van der Waals surface area contributed by atoms with E-state index in [4.69, 9.17) is 0 Å². The Balaban J connectivity index is 0.00000121. The number of hydrogen-bond donors (Lipinski definition) is 1. The Kier molecular flexibility index (Phi) is 3.48. The molecule has 0 aliphatic carbocycles. The van der Waals surface area contributed by atoms with Crippen molar-refractivity contribution in [2.45, 2.75) is 0 Å². The highest BCUT2D eigenvalue weighted by Gasteiger charge is 2.31. The van der Waals surface area contributed by atoms with Gasteiger partial charge in [0.25, 0.3) is 0 Å². The molecule has 1 fully saturated rings. The van der Waals surface area contributed by atoms with Crippen molar-refractivity contribution in [2.75, 3.05) is 0 Å². The van der Waals surface area contributed by atoms with E-state index in [0.717, 1.165) is 0 Å². The maximum absolute atomic E-state index is 10.2. The SMILES string of the molecule is N.O=S1(=O)OOOOS(=O)(=O)O1. The first kappa shape index (κ1) is 11.7. The smallest absolute Gasteiger partial charge is 0.344 e. The summed E-state index contributed by atoms with van der Waals surface area (Å²) in [5, 5.41) is 6.46. The molecular formula is H3NO9S2. The highest BCUT2D eigenvalue weighted by Crippen LogP contribution is 2.10. The Bertz CT molecular complexity index is 286. The first-order chi connectivity index (χ1) is 4.91. The number of hydrogen-bond acceptors (Lipinski definition) is 10. The van der Waals surface area contributed by atoms with Gasteiger partial charge >= 0.3 is 20.8 Å². The lowest BCUT2D eigenvalue weighted by atomic mass is 14.0. The minimum Gasteiger partial charge on any atom is -0.344 e. The highest BCUT2D eigenvalue weighted by atomic mass is 32.3. The van der Waals surface area contributed by atoms with Crippen LogP contribution in [0, 0.1) is 0 Å². The van der Waals surface area contributed by atoms with E-state index in [1.807, 2.05) is 0 Å². The van der Waals surface area contributed by atoms with Crippen LogP contribution in [0.15, 0.2) is 0 Å². The summed E-state index contributed by atoms with van der Waals surface area (Å²) in [6.07, 6.45) is 0. The molecule has 0 aromatic heterocycles. The number of rotatable bonds is 0. The topological polar surface area (TPSA) is 149 Å². The van der Waals surface area contributed by atoms with Crippen LogP contribution in [0.1, 0.15) is 0 Å². The van der Waals surface area contributed by atoms with E-state index < -0.39 is 20.8 Å². The first-order valence-corrected chi connectivity index (χ1v) is 4.50. The average molecular weight is 225 g/mol. The van der Waals surface area contributed by atoms with Crippen molar-refractivity contribution in [1.82, 2.24) is 6.15 Å². The van der Waals surface area contributed by atoms with Crippen LogP contribution in [0.4, 0.5) is 0 Å². The molecule has 1 aliphatic heterocycles. The van der Waals surface area contributed by atoms with E-state index >= 15 is 0 Å². The molecule has 10 nitrogen and oxygen atoms in total. The van der Waals surface area contributed by atoms with Crippen LogP contribution in [0.3, 0.4) is 0 Å². The van der Waals surface area contributed by atoms with Crippen LogP contribution >= 0.6 is 0 Å². The van der Waals surface area contributed by atoms with Crippen molar-refractivity contribution in [2.24, 2.45) is 0 Å². The fourth-order valence-electron chi connectivity index (χ4n) is 0.215. The van der Waals surface area contributed by atoms with E-state index in [-0.39, 0.29) is 6.15 Å². The Morgan fingerprint density at radius 1 is 0.750 bits per heavy atom. The maximum Gasteiger partial charge on any atom is 0.445 e. The molecule has 1 rings (SSSR count). The maximum atomic E-state index is 10.2. The summed E-state index contributed by atoms with van der Waals surface area (Å²) in [6, 6.07) is 0. The standard InChI is InChI=1S/H3N.O9S2/c;1-10(2)7-5-6-8-11(3,4)9-10/h1H3;. The molecule has 0 saturated carbocycles. The molecule has 0 radical (unpaired) electrons. The summed E-state index contributed by atoms with van der Waals surface area (Å²) in [4.78, 5) is 0. The van der Waals surface area contributed by atoms with Crippen molar-refractivity contribution in [3.63, 3.8) is 0 Å². The van der Waals surface area contributed by atoms with Crippen LogP contribution in [-0.4, -0.2) is 16.8 Å². The molecule has 0 aromatic rings. The molecule has 1 aliphatic rings. The van der Waals surface area contributed by atoms with E-state index in [9.17, 15) is 16.8 Å². The molecule has 0 atom stereocenters. The zero-order valence-electron chi connectivity index (χ0n) is 5.20. The van der Waals surface area contributed by atoms with E-state index in [1.165, 1.54) is 0 Å². The average Bonchev–Trinajstić information content (AvgIpc) is 1.86. The van der Waals surface area contributed by atoms with Gasteiger partial charge in [-0.1, -0.05) is 3.63 Å². The van der Waals surface area contributed by atoms with Gasteiger partial charge in [0.2, 0.25) is 0 Å². The van der Waals surface area contributed by atoms with Gasteiger partial charge in [0.15, 0.2) is 0 Å². The molecular weight excluding hydrogens is 222 g/mol. The monoisotopic (exact) mass is 225 g/mol. The highest BCUT2D eigenvalue weighted by molar-refractivity contribution is 7.95. The molecule has 0 aromatic carbocycles. The second kappa shape index (κ2) is 3.58. The van der Waals surface area contributed by atoms with Crippen molar-refractivity contribution < 1.29 is 39.2 Å². The molecule has 0 spiro atoms. The summed E-state index contributed by atoms with van der Waals surface area (Å²) < 4.78 is 50.4. The van der Waals surface area contributed by atoms with Gasteiger partial charge in [0.1, 0.15) is 0 Å². The van der Waals surface area contributed by atoms with Gasteiger partial charge in [-0.25, -0.2) is 0 Å². The van der Waals surface area contributed by atoms with Crippen LogP contribution in [0.25, 0.3) is 0 Å². The van der Waals surface area contributed by atoms with Crippen molar-refractivity contribution in [3.05, 3.63) is 0 Å². The lowest BCUT2D eigenvalue weighted by Crippen LogP contribution is -2.12. The molecule has 3 N–H and O–H groups in total. The Morgan fingerprint density at radius 2 is 1.08 bits per heavy atom. The second-order valence-corrected chi connectivity index (χ2v) is 3.61. The Hall–Kier alpha value is -0.340. The van der Waals surface area contributed by atoms with Crippen LogP contribution < -0.4 is 6.15 Å². The van der Waals surface area contributed by atoms with Crippen LogP contribution in [0.2, 0.25) is 0 Å². The van der Waals surface area contributed by atoms with Gasteiger partial charge in [0, 0.05) is 0 Å². The van der Waals surface area contributed by atoms with Gasteiger partial charge in [-0.05, 0) is 18.7 Å². The summed E-state index contributed by atoms with van der Waals surface area (Å²) in [6.45, 7) is 0. The van der Waals surface area contributed by atoms with Crippen LogP contribution in [0.5, 0.6) is 0 Å². The summed E-state index contributed by atoms with van der Waals surface area (Å²) in [7, 11) is -9.57. The van der Waals surface area contributed by atoms with Gasteiger partial charge in [-0.2, -0.15) is 16.8 Å². The zero-order valence-corrected chi connectivity index (χ0v) is 6.83. The van der Waals surface area contributed by atoms with Gasteiger partial charge in [-0.3, -0.25) is 0 Å². The predicted octanol–water partition coefficient (Wildman–Crippen LogP) is -1.52. The zero-order chi connectivity index (χ0) is 8.54. The Morgan fingerprint density at radius 3 is 1.42 bits per heavy atom. The minimum absolute atomic E-state index is 0. The van der Waals surface area contributed by atoms with Crippen molar-refractivity contribution in [3.8, 4) is 0 Å². The molecule has 74 valence electrons. The third kappa shape index (κ3) is 3.37. The Labute approximate surface area is 66.9 Å². The van der Waals surface area contributed by atoms with E-state index in [1.54, 1.807) is 0 Å². The van der Waals surface area contributed by atoms with E-state index in [2.05, 4.69) is 22.4 Å². The van der Waals surface area contributed by atoms with Gasteiger partial charge < -0.3 is 6.15 Å². The first-order valence-electron chi connectivity index (χ1n) is 1.83. The van der Waals surface area contributed by atoms with Gasteiger partial charge in [0.05, 0.1) is 0 Å². The second-order valence-electron chi connectivity index (χ2n) is 1.16. The van der Waals surface area contributed by atoms with Crippen molar-refractivity contribution in [1.29, 1.82) is 0 Å². The lowest BCUT2D eigenvalue weighted by molar-refractivity contribution is -0.573. The largest absolute Gasteiger partial charge is 0.445 e. The third-order valence-electron chi connectivity index (χ3n) is 0.417. The summed E-state index contributed by atoms with van der Waals surface area (Å²) in [5.74, 6) is 0. The van der Waals surface area contributed by atoms with Crippen molar-refractivity contribution >= 4 is 20.8 Å². The fourth-order valence-corrected chi connectivity index (χ4v) is 1.39. The lowest BCUT2D eigenvalue weighted by Gasteiger charge is -1.90. The molecule has 0 bridgehead atoms. The summed E-state index contributed by atoms with van der Waals surface area (Å²) in [5.41, 5.74) is 0. The minimum atomic E-state index is -4.79. The predicted molar refractivity (Wildman–Crippen MR) is 28.3 cm³/mol. The molecule has 0 unspecified atom stereocenters. The molecule has 1 saturated heterocycles. The summed E-state index contributed by atoms with van der Waals surface area (Å²) >= 11 is 0. The quantitative estimate of drug-likeness (QED) is 0.481. The van der Waals surface area contributed by atoms with E-state index in [0.29, 0.717) is 0 Å². The third-order valence-corrected chi connectivity index (χ3v) is 2.19. The fraction of sp³-hybridized carbons (Fsp3) is 0. The normalized spacial score (nSPS) is 26.7. The molecule has 12 heteroatoms.